The molecule has 0 unspecified atom stereocenters. The first kappa shape index (κ1) is 37.5. The molecular formula is C42H56N6O4. The first-order valence-corrected chi connectivity index (χ1v) is 19.1. The fourth-order valence-electron chi connectivity index (χ4n) is 8.36. The van der Waals surface area contributed by atoms with Gasteiger partial charge in [-0.1, -0.05) is 30.8 Å². The molecule has 0 aliphatic carbocycles. The number of aryl methyl sites for hydroxylation is 2. The largest absolute Gasteiger partial charge is 0.379 e. The van der Waals surface area contributed by atoms with Gasteiger partial charge in [-0.2, -0.15) is 0 Å². The standard InChI is InChI=1S/C42H56N6O4/c1-6-40(49)47-18-14-36(15-19-47)48(7-2)39-26-34(25-37(31(39)5)41(50)43-27-38-29(3)24-30(4)44-42(38)51)33-10-8-32(9-11-33)28-45-16-12-35(13-17-45)46-20-22-52-23-21-46/h6,8-11,24-26,35-36H,1,7,12-23,27-28H2,2-5H3,(H,43,50)(H,44,51). The number of hydrogen-bond acceptors (Lipinski definition) is 7. The molecule has 3 aliphatic rings. The van der Waals surface area contributed by atoms with Crippen LogP contribution in [0.3, 0.4) is 0 Å². The number of amides is 2. The molecule has 3 fully saturated rings. The van der Waals surface area contributed by atoms with Gasteiger partial charge in [-0.05, 0) is 119 Å². The molecule has 6 rings (SSSR count). The SMILES string of the molecule is C=CC(=O)N1CCC(N(CC)c2cc(-c3ccc(CN4CCC(N5CCOCC5)CC4)cc3)cc(C(=O)NCc3c(C)cc(C)[nH]c3=O)c2C)CC1. The van der Waals surface area contributed by atoms with Crippen molar-refractivity contribution in [3.8, 4) is 11.1 Å². The zero-order valence-electron chi connectivity index (χ0n) is 31.5. The fraction of sp³-hybridized carbons (Fsp3) is 0.500. The number of ether oxygens (including phenoxy) is 1. The fourth-order valence-corrected chi connectivity index (χ4v) is 8.36. The van der Waals surface area contributed by atoms with E-state index in [0.717, 1.165) is 99.0 Å². The van der Waals surface area contributed by atoms with E-state index in [0.29, 0.717) is 30.3 Å². The zero-order chi connectivity index (χ0) is 36.8. The molecule has 52 heavy (non-hydrogen) atoms. The maximum atomic E-state index is 14.0. The first-order chi connectivity index (χ1) is 25.1. The number of H-pyrrole nitrogens is 1. The van der Waals surface area contributed by atoms with E-state index < -0.39 is 0 Å². The maximum absolute atomic E-state index is 14.0. The number of aromatic nitrogens is 1. The highest BCUT2D eigenvalue weighted by molar-refractivity contribution is 5.99. The smallest absolute Gasteiger partial charge is 0.253 e. The summed E-state index contributed by atoms with van der Waals surface area (Å²) < 4.78 is 5.56. The van der Waals surface area contributed by atoms with Gasteiger partial charge < -0.3 is 24.8 Å². The van der Waals surface area contributed by atoms with Crippen molar-refractivity contribution >= 4 is 17.5 Å². The Morgan fingerprint density at radius 2 is 1.63 bits per heavy atom. The topological polar surface area (TPSA) is 101 Å². The molecule has 0 spiro atoms. The number of anilines is 1. The Bertz CT molecular complexity index is 1780. The van der Waals surface area contributed by atoms with Crippen LogP contribution in [0.1, 0.15) is 70.9 Å². The molecule has 4 heterocycles. The van der Waals surface area contributed by atoms with Crippen LogP contribution in [0.15, 0.2) is 59.9 Å². The minimum Gasteiger partial charge on any atom is -0.379 e. The van der Waals surface area contributed by atoms with Crippen molar-refractivity contribution in [2.75, 3.05) is 63.9 Å². The van der Waals surface area contributed by atoms with Gasteiger partial charge in [0.1, 0.15) is 0 Å². The van der Waals surface area contributed by atoms with Gasteiger partial charge in [-0.25, -0.2) is 0 Å². The molecule has 1 aromatic heterocycles. The normalized spacial score (nSPS) is 18.0. The van der Waals surface area contributed by atoms with Crippen LogP contribution in [0.25, 0.3) is 11.1 Å². The minimum atomic E-state index is -0.209. The molecule has 3 aliphatic heterocycles. The highest BCUT2D eigenvalue weighted by atomic mass is 16.5. The predicted molar refractivity (Wildman–Crippen MR) is 208 cm³/mol. The highest BCUT2D eigenvalue weighted by Crippen LogP contribution is 2.34. The number of carbonyl (C=O) groups excluding carboxylic acids is 2. The second kappa shape index (κ2) is 17.1. The number of piperidine rings is 2. The summed E-state index contributed by atoms with van der Waals surface area (Å²) >= 11 is 0. The molecule has 2 aromatic carbocycles. The number of rotatable bonds is 11. The van der Waals surface area contributed by atoms with Crippen molar-refractivity contribution in [3.05, 3.63) is 99.0 Å². The number of hydrogen-bond donors (Lipinski definition) is 2. The quantitative estimate of drug-likeness (QED) is 0.265. The molecule has 278 valence electrons. The van der Waals surface area contributed by atoms with E-state index in [9.17, 15) is 14.4 Å². The predicted octanol–water partition coefficient (Wildman–Crippen LogP) is 5.20. The van der Waals surface area contributed by atoms with Gasteiger partial charge in [-0.3, -0.25) is 24.2 Å². The molecule has 3 saturated heterocycles. The summed E-state index contributed by atoms with van der Waals surface area (Å²) in [5.74, 6) is -0.235. The summed E-state index contributed by atoms with van der Waals surface area (Å²) in [6, 6.07) is 15.8. The molecular weight excluding hydrogens is 653 g/mol. The third kappa shape index (κ3) is 8.68. The molecule has 0 atom stereocenters. The molecule has 0 saturated carbocycles. The van der Waals surface area contributed by atoms with Crippen LogP contribution in [-0.4, -0.2) is 103 Å². The summed E-state index contributed by atoms with van der Waals surface area (Å²) in [5, 5.41) is 3.06. The lowest BCUT2D eigenvalue weighted by Crippen LogP contribution is -2.48. The number of likely N-dealkylation sites (tertiary alicyclic amines) is 2. The second-order valence-corrected chi connectivity index (χ2v) is 14.7. The molecule has 10 nitrogen and oxygen atoms in total. The van der Waals surface area contributed by atoms with Crippen molar-refractivity contribution in [2.45, 2.75) is 78.6 Å². The Labute approximate surface area is 308 Å². The summed E-state index contributed by atoms with van der Waals surface area (Å²) in [4.78, 5) is 51.3. The molecule has 10 heteroatoms. The van der Waals surface area contributed by atoms with E-state index in [1.54, 1.807) is 0 Å². The summed E-state index contributed by atoms with van der Waals surface area (Å²) in [6.45, 7) is 20.8. The zero-order valence-corrected chi connectivity index (χ0v) is 31.5. The average Bonchev–Trinajstić information content (AvgIpc) is 3.16. The van der Waals surface area contributed by atoms with E-state index in [1.807, 2.05) is 37.8 Å². The minimum absolute atomic E-state index is 0.0257. The van der Waals surface area contributed by atoms with Crippen LogP contribution < -0.4 is 15.8 Å². The van der Waals surface area contributed by atoms with Gasteiger partial charge in [0.15, 0.2) is 0 Å². The third-order valence-corrected chi connectivity index (χ3v) is 11.4. The summed E-state index contributed by atoms with van der Waals surface area (Å²) in [5.41, 5.74) is 7.87. The number of benzene rings is 2. The molecule has 0 radical (unpaired) electrons. The van der Waals surface area contributed by atoms with Gasteiger partial charge in [0.05, 0.1) is 13.2 Å². The lowest BCUT2D eigenvalue weighted by atomic mass is 9.94. The Morgan fingerprint density at radius 1 is 0.942 bits per heavy atom. The average molecular weight is 709 g/mol. The van der Waals surface area contributed by atoms with Crippen LogP contribution in [-0.2, 0) is 22.6 Å². The van der Waals surface area contributed by atoms with Crippen LogP contribution in [0.4, 0.5) is 5.69 Å². The van der Waals surface area contributed by atoms with Gasteiger partial charge in [0.25, 0.3) is 11.5 Å². The summed E-state index contributed by atoms with van der Waals surface area (Å²) in [7, 11) is 0. The Morgan fingerprint density at radius 3 is 2.27 bits per heavy atom. The van der Waals surface area contributed by atoms with Crippen LogP contribution in [0, 0.1) is 20.8 Å². The third-order valence-electron chi connectivity index (χ3n) is 11.4. The van der Waals surface area contributed by atoms with Crippen molar-refractivity contribution in [1.82, 2.24) is 25.0 Å². The van der Waals surface area contributed by atoms with E-state index in [-0.39, 0.29) is 30.0 Å². The van der Waals surface area contributed by atoms with Crippen LogP contribution in [0.2, 0.25) is 0 Å². The molecule has 2 N–H and O–H groups in total. The van der Waals surface area contributed by atoms with E-state index in [1.165, 1.54) is 24.5 Å². The van der Waals surface area contributed by atoms with Gasteiger partial charge >= 0.3 is 0 Å². The molecule has 0 bridgehead atoms. The van der Waals surface area contributed by atoms with E-state index >= 15 is 0 Å². The first-order valence-electron chi connectivity index (χ1n) is 19.1. The van der Waals surface area contributed by atoms with Crippen LogP contribution in [0.5, 0.6) is 0 Å². The van der Waals surface area contributed by atoms with Gasteiger partial charge in [0, 0.05) is 80.4 Å². The molecule has 3 aromatic rings. The van der Waals surface area contributed by atoms with E-state index in [2.05, 4.69) is 68.8 Å². The van der Waals surface area contributed by atoms with Crippen molar-refractivity contribution in [2.24, 2.45) is 0 Å². The number of morpholine rings is 1. The molecule has 2 amide bonds. The highest BCUT2D eigenvalue weighted by Gasteiger charge is 2.29. The number of nitrogens with one attached hydrogen (secondary N) is 2. The van der Waals surface area contributed by atoms with Crippen LogP contribution >= 0.6 is 0 Å². The van der Waals surface area contributed by atoms with Crippen molar-refractivity contribution in [1.29, 1.82) is 0 Å². The van der Waals surface area contributed by atoms with Gasteiger partial charge in [-0.15, -0.1) is 0 Å². The second-order valence-electron chi connectivity index (χ2n) is 14.7. The van der Waals surface area contributed by atoms with E-state index in [4.69, 9.17) is 4.74 Å². The summed E-state index contributed by atoms with van der Waals surface area (Å²) in [6.07, 6.45) is 5.47. The number of pyridine rings is 1. The van der Waals surface area contributed by atoms with Crippen molar-refractivity contribution in [3.63, 3.8) is 0 Å². The Hall–Kier alpha value is -4.25. The Balaban J connectivity index is 1.23. The Kier molecular flexibility index (Phi) is 12.3. The lowest BCUT2D eigenvalue weighted by molar-refractivity contribution is -0.127. The van der Waals surface area contributed by atoms with Gasteiger partial charge in [0.2, 0.25) is 5.91 Å². The number of carbonyl (C=O) groups is 2. The lowest BCUT2D eigenvalue weighted by Gasteiger charge is -2.40. The maximum Gasteiger partial charge on any atom is 0.253 e. The van der Waals surface area contributed by atoms with Crippen molar-refractivity contribution < 1.29 is 14.3 Å². The number of nitrogens with zero attached hydrogens (tertiary/aromatic N) is 4. The number of aromatic amines is 1. The monoisotopic (exact) mass is 708 g/mol.